The Morgan fingerprint density at radius 2 is 1.94 bits per heavy atom. The minimum atomic E-state index is -0.244. The highest BCUT2D eigenvalue weighted by Crippen LogP contribution is 2.36. The van der Waals surface area contributed by atoms with Crippen LogP contribution in [0.5, 0.6) is 0 Å². The van der Waals surface area contributed by atoms with Crippen LogP contribution >= 0.6 is 24.0 Å². The minimum absolute atomic E-state index is 0.131. The fraction of sp³-hybridized carbons (Fsp3) is 0.600. The summed E-state index contributed by atoms with van der Waals surface area (Å²) in [5, 5.41) is 9.82. The second-order valence-corrected chi connectivity index (χ2v) is 10.7. The number of aromatic nitrogens is 1. The number of amides is 1. The highest BCUT2D eigenvalue weighted by atomic mass is 32.2. The lowest BCUT2D eigenvalue weighted by Gasteiger charge is -2.35. The van der Waals surface area contributed by atoms with Crippen LogP contribution in [0.4, 0.5) is 5.82 Å². The minimum Gasteiger partial charge on any atom is -0.385 e. The van der Waals surface area contributed by atoms with Crippen LogP contribution in [0, 0.1) is 24.2 Å². The Bertz CT molecular complexity index is 1070. The fourth-order valence-electron chi connectivity index (χ4n) is 4.42. The summed E-state index contributed by atoms with van der Waals surface area (Å²) in [5.41, 5.74) is 1.30. The maximum absolute atomic E-state index is 13.3. The number of thiocarbonyl (C=S) groups is 1. The van der Waals surface area contributed by atoms with Gasteiger partial charge in [-0.2, -0.15) is 5.26 Å². The quantitative estimate of drug-likeness (QED) is 0.283. The average molecular weight is 503 g/mol. The van der Waals surface area contributed by atoms with E-state index in [0.717, 1.165) is 50.2 Å². The van der Waals surface area contributed by atoms with E-state index in [1.165, 1.54) is 11.8 Å². The van der Waals surface area contributed by atoms with Gasteiger partial charge in [-0.3, -0.25) is 19.1 Å². The van der Waals surface area contributed by atoms with Crippen molar-refractivity contribution < 1.29 is 9.53 Å². The molecule has 1 amide bonds. The highest BCUT2D eigenvalue weighted by Gasteiger charge is 2.33. The second-order valence-electron chi connectivity index (χ2n) is 9.01. The van der Waals surface area contributed by atoms with Gasteiger partial charge in [-0.25, -0.2) is 0 Å². The van der Waals surface area contributed by atoms with Gasteiger partial charge in [0.15, 0.2) is 0 Å². The molecule has 2 saturated heterocycles. The summed E-state index contributed by atoms with van der Waals surface area (Å²) in [7, 11) is 1.64. The molecule has 3 heterocycles. The largest absolute Gasteiger partial charge is 0.385 e. The molecule has 7 nitrogen and oxygen atoms in total. The molecule has 0 radical (unpaired) electrons. The number of anilines is 1. The number of unbranched alkanes of at least 4 members (excludes halogenated alkanes) is 1. The smallest absolute Gasteiger partial charge is 0.270 e. The summed E-state index contributed by atoms with van der Waals surface area (Å²) >= 11 is 6.76. The van der Waals surface area contributed by atoms with E-state index in [2.05, 4.69) is 24.8 Å². The number of carbonyl (C=O) groups is 1. The maximum Gasteiger partial charge on any atom is 0.270 e. The lowest BCUT2D eigenvalue weighted by atomic mass is 9.97. The van der Waals surface area contributed by atoms with Gasteiger partial charge in [0.25, 0.3) is 11.5 Å². The van der Waals surface area contributed by atoms with E-state index in [-0.39, 0.29) is 17.0 Å². The first-order valence-corrected chi connectivity index (χ1v) is 13.2. The summed E-state index contributed by atoms with van der Waals surface area (Å²) in [4.78, 5) is 30.9. The maximum atomic E-state index is 13.3. The molecule has 0 aromatic carbocycles. The number of ether oxygens (including phenoxy) is 1. The van der Waals surface area contributed by atoms with Crippen molar-refractivity contribution in [2.75, 3.05) is 38.3 Å². The summed E-state index contributed by atoms with van der Waals surface area (Å²) in [6.07, 6.45) is 6.42. The standard InChI is InChI=1S/C25H34N4O3S2/c1-5-6-10-28-22(27-12-8-17(2)9-13-27)19(18(3)20(16-26)23(28)30)15-21-24(31)29(25(33)34-21)11-7-14-32-4/h15,17H,5-14H2,1-4H3. The second kappa shape index (κ2) is 12.0. The Morgan fingerprint density at radius 1 is 1.24 bits per heavy atom. The van der Waals surface area contributed by atoms with E-state index in [9.17, 15) is 14.9 Å². The Hall–Kier alpha value is -2.15. The first-order valence-electron chi connectivity index (χ1n) is 12.0. The molecule has 184 valence electrons. The van der Waals surface area contributed by atoms with Gasteiger partial charge >= 0.3 is 0 Å². The van der Waals surface area contributed by atoms with Crippen molar-refractivity contribution in [1.29, 1.82) is 5.26 Å². The number of pyridine rings is 1. The topological polar surface area (TPSA) is 78.6 Å². The van der Waals surface area contributed by atoms with Crippen molar-refractivity contribution >= 4 is 46.1 Å². The number of hydrogen-bond donors (Lipinski definition) is 0. The van der Waals surface area contributed by atoms with Gasteiger partial charge in [-0.05, 0) is 50.2 Å². The molecule has 3 rings (SSSR count). The number of rotatable bonds is 9. The molecule has 0 N–H and O–H groups in total. The molecule has 0 atom stereocenters. The molecule has 1 aromatic rings. The molecular weight excluding hydrogens is 468 g/mol. The van der Waals surface area contributed by atoms with Gasteiger partial charge in [-0.1, -0.05) is 44.2 Å². The van der Waals surface area contributed by atoms with Crippen molar-refractivity contribution in [3.63, 3.8) is 0 Å². The number of carbonyl (C=O) groups excluding carboxylic acids is 1. The molecule has 0 aliphatic carbocycles. The van der Waals surface area contributed by atoms with Crippen molar-refractivity contribution in [1.82, 2.24) is 9.47 Å². The zero-order chi connectivity index (χ0) is 24.8. The van der Waals surface area contributed by atoms with E-state index in [1.54, 1.807) is 16.6 Å². The molecular formula is C25H34N4O3S2. The van der Waals surface area contributed by atoms with Gasteiger partial charge in [0.1, 0.15) is 21.8 Å². The molecule has 1 aromatic heterocycles. The number of nitriles is 1. The molecule has 9 heteroatoms. The third kappa shape index (κ3) is 5.56. The molecule has 0 bridgehead atoms. The van der Waals surface area contributed by atoms with Crippen LogP contribution in [0.1, 0.15) is 62.6 Å². The van der Waals surface area contributed by atoms with Crippen LogP contribution < -0.4 is 10.5 Å². The predicted molar refractivity (Wildman–Crippen MR) is 142 cm³/mol. The van der Waals surface area contributed by atoms with Crippen LogP contribution in [0.2, 0.25) is 0 Å². The van der Waals surface area contributed by atoms with Crippen LogP contribution in [0.15, 0.2) is 9.70 Å². The summed E-state index contributed by atoms with van der Waals surface area (Å²) in [6.45, 7) is 9.44. The summed E-state index contributed by atoms with van der Waals surface area (Å²) < 4.78 is 7.40. The number of thioether (sulfide) groups is 1. The SMILES string of the molecule is CCCCn1c(N2CCC(C)CC2)c(C=C2SC(=S)N(CCCOC)C2=O)c(C)c(C#N)c1=O. The lowest BCUT2D eigenvalue weighted by molar-refractivity contribution is -0.122. The Morgan fingerprint density at radius 3 is 2.56 bits per heavy atom. The van der Waals surface area contributed by atoms with E-state index in [1.807, 2.05) is 13.0 Å². The van der Waals surface area contributed by atoms with Crippen molar-refractivity contribution in [3.05, 3.63) is 31.9 Å². The van der Waals surface area contributed by atoms with E-state index >= 15 is 0 Å². The number of piperidine rings is 1. The molecule has 0 saturated carbocycles. The molecule has 2 aliphatic rings. The van der Waals surface area contributed by atoms with Crippen molar-refractivity contribution in [2.45, 2.75) is 59.4 Å². The zero-order valence-electron chi connectivity index (χ0n) is 20.6. The average Bonchev–Trinajstić information content (AvgIpc) is 3.08. The van der Waals surface area contributed by atoms with Crippen molar-refractivity contribution in [3.8, 4) is 6.07 Å². The Balaban J connectivity index is 2.13. The highest BCUT2D eigenvalue weighted by molar-refractivity contribution is 8.26. The van der Waals surface area contributed by atoms with Crippen LogP contribution in [-0.4, -0.2) is 53.0 Å². The molecule has 2 fully saturated rings. The van der Waals surface area contributed by atoms with Crippen LogP contribution in [0.25, 0.3) is 6.08 Å². The van der Waals surface area contributed by atoms with Gasteiger partial charge in [0.05, 0.1) is 4.91 Å². The summed E-state index contributed by atoms with van der Waals surface area (Å²) in [5.74, 6) is 1.33. The van der Waals surface area contributed by atoms with Crippen LogP contribution in [-0.2, 0) is 16.1 Å². The van der Waals surface area contributed by atoms with E-state index < -0.39 is 0 Å². The first kappa shape index (κ1) is 26.5. The molecule has 0 unspecified atom stereocenters. The normalized spacial score (nSPS) is 18.3. The van der Waals surface area contributed by atoms with Gasteiger partial charge in [-0.15, -0.1) is 0 Å². The monoisotopic (exact) mass is 502 g/mol. The molecule has 34 heavy (non-hydrogen) atoms. The summed E-state index contributed by atoms with van der Waals surface area (Å²) in [6, 6.07) is 2.12. The van der Waals surface area contributed by atoms with Crippen molar-refractivity contribution in [2.24, 2.45) is 5.92 Å². The van der Waals surface area contributed by atoms with Gasteiger partial charge in [0.2, 0.25) is 0 Å². The van der Waals surface area contributed by atoms with Gasteiger partial charge in [0, 0.05) is 45.5 Å². The van der Waals surface area contributed by atoms with Crippen LogP contribution in [0.3, 0.4) is 0 Å². The third-order valence-electron chi connectivity index (χ3n) is 6.54. The van der Waals surface area contributed by atoms with E-state index in [0.29, 0.717) is 46.8 Å². The predicted octanol–water partition coefficient (Wildman–Crippen LogP) is 4.30. The number of nitrogens with zero attached hydrogens (tertiary/aromatic N) is 4. The number of methoxy groups -OCH3 is 1. The fourth-order valence-corrected chi connectivity index (χ4v) is 5.71. The Kier molecular flexibility index (Phi) is 9.34. The van der Waals surface area contributed by atoms with Gasteiger partial charge < -0.3 is 9.64 Å². The molecule has 2 aliphatic heterocycles. The number of hydrogen-bond acceptors (Lipinski definition) is 7. The Labute approximate surface area is 211 Å². The zero-order valence-corrected chi connectivity index (χ0v) is 22.2. The first-order chi connectivity index (χ1) is 16.3. The lowest BCUT2D eigenvalue weighted by Crippen LogP contribution is -2.39. The van der Waals surface area contributed by atoms with E-state index in [4.69, 9.17) is 17.0 Å². The molecule has 0 spiro atoms. The third-order valence-corrected chi connectivity index (χ3v) is 7.92.